The SMILES string of the molecule is Cc1ccc(C(=O)NCCCCC(N)=O)c(F)c1. The molecule has 0 spiro atoms. The summed E-state index contributed by atoms with van der Waals surface area (Å²) in [5, 5.41) is 2.60. The van der Waals surface area contributed by atoms with E-state index in [9.17, 15) is 14.0 Å². The highest BCUT2D eigenvalue weighted by atomic mass is 19.1. The van der Waals surface area contributed by atoms with Crippen LogP contribution in [-0.4, -0.2) is 18.4 Å². The van der Waals surface area contributed by atoms with Crippen molar-refractivity contribution in [2.24, 2.45) is 5.73 Å². The Bertz CT molecular complexity index is 447. The summed E-state index contributed by atoms with van der Waals surface area (Å²) in [7, 11) is 0. The summed E-state index contributed by atoms with van der Waals surface area (Å²) < 4.78 is 13.5. The van der Waals surface area contributed by atoms with Crippen LogP contribution in [0.25, 0.3) is 0 Å². The van der Waals surface area contributed by atoms with Gasteiger partial charge in [-0.2, -0.15) is 0 Å². The number of carbonyl (C=O) groups is 2. The molecule has 0 radical (unpaired) electrons. The third kappa shape index (κ3) is 4.53. The summed E-state index contributed by atoms with van der Waals surface area (Å²) in [6.45, 7) is 2.16. The third-order valence-electron chi connectivity index (χ3n) is 2.50. The molecule has 0 saturated carbocycles. The van der Waals surface area contributed by atoms with Crippen LogP contribution in [0.15, 0.2) is 18.2 Å². The van der Waals surface area contributed by atoms with Crippen molar-refractivity contribution >= 4 is 11.8 Å². The fraction of sp³-hybridized carbons (Fsp3) is 0.385. The number of rotatable bonds is 6. The Morgan fingerprint density at radius 2 is 2.06 bits per heavy atom. The minimum atomic E-state index is -0.523. The van der Waals surface area contributed by atoms with Crippen molar-refractivity contribution in [1.82, 2.24) is 5.32 Å². The quantitative estimate of drug-likeness (QED) is 0.753. The summed E-state index contributed by atoms with van der Waals surface area (Å²) in [6, 6.07) is 4.47. The van der Waals surface area contributed by atoms with Crippen molar-refractivity contribution in [2.75, 3.05) is 6.54 Å². The number of nitrogens with one attached hydrogen (secondary N) is 1. The molecule has 2 amide bonds. The minimum absolute atomic E-state index is 0.0375. The first-order valence-corrected chi connectivity index (χ1v) is 5.83. The van der Waals surface area contributed by atoms with Crippen LogP contribution in [0.2, 0.25) is 0 Å². The van der Waals surface area contributed by atoms with Crippen molar-refractivity contribution < 1.29 is 14.0 Å². The average Bonchev–Trinajstić information content (AvgIpc) is 2.27. The number of halogens is 1. The molecular weight excluding hydrogens is 235 g/mol. The highest BCUT2D eigenvalue weighted by molar-refractivity contribution is 5.94. The highest BCUT2D eigenvalue weighted by Crippen LogP contribution is 2.09. The highest BCUT2D eigenvalue weighted by Gasteiger charge is 2.10. The molecule has 3 N–H and O–H groups in total. The van der Waals surface area contributed by atoms with Gasteiger partial charge in [-0.1, -0.05) is 6.07 Å². The van der Waals surface area contributed by atoms with E-state index in [0.29, 0.717) is 25.8 Å². The Balaban J connectivity index is 2.39. The molecular formula is C13H17FN2O2. The van der Waals surface area contributed by atoms with E-state index in [1.807, 2.05) is 0 Å². The number of primary amides is 1. The van der Waals surface area contributed by atoms with E-state index < -0.39 is 11.7 Å². The summed E-state index contributed by atoms with van der Waals surface area (Å²) in [5.41, 5.74) is 5.79. The largest absolute Gasteiger partial charge is 0.370 e. The first-order chi connectivity index (χ1) is 8.50. The fourth-order valence-electron chi connectivity index (χ4n) is 1.53. The van der Waals surface area contributed by atoms with Crippen molar-refractivity contribution in [3.05, 3.63) is 35.1 Å². The molecule has 98 valence electrons. The van der Waals surface area contributed by atoms with Gasteiger partial charge in [-0.15, -0.1) is 0 Å². The average molecular weight is 252 g/mol. The maximum Gasteiger partial charge on any atom is 0.254 e. The minimum Gasteiger partial charge on any atom is -0.370 e. The number of carbonyl (C=O) groups excluding carboxylic acids is 2. The molecule has 1 aromatic carbocycles. The zero-order valence-electron chi connectivity index (χ0n) is 10.3. The van der Waals surface area contributed by atoms with Crippen LogP contribution in [-0.2, 0) is 4.79 Å². The van der Waals surface area contributed by atoms with Crippen LogP contribution in [0.1, 0.15) is 35.2 Å². The van der Waals surface area contributed by atoms with Gasteiger partial charge in [-0.25, -0.2) is 4.39 Å². The topological polar surface area (TPSA) is 72.2 Å². The smallest absolute Gasteiger partial charge is 0.254 e. The van der Waals surface area contributed by atoms with Crippen molar-refractivity contribution in [1.29, 1.82) is 0 Å². The molecule has 0 atom stereocenters. The fourth-order valence-corrected chi connectivity index (χ4v) is 1.53. The van der Waals surface area contributed by atoms with Crippen molar-refractivity contribution in [3.63, 3.8) is 0 Å². The maximum absolute atomic E-state index is 13.5. The van der Waals surface area contributed by atoms with Crippen LogP contribution in [0.5, 0.6) is 0 Å². The van der Waals surface area contributed by atoms with Gasteiger partial charge < -0.3 is 11.1 Å². The number of benzene rings is 1. The summed E-state index contributed by atoms with van der Waals surface area (Å²) in [5.74, 6) is -1.32. The Kier molecular flexibility index (Phi) is 5.30. The van der Waals surface area contributed by atoms with Gasteiger partial charge >= 0.3 is 0 Å². The van der Waals surface area contributed by atoms with E-state index >= 15 is 0 Å². The lowest BCUT2D eigenvalue weighted by Gasteiger charge is -2.06. The Morgan fingerprint density at radius 1 is 1.33 bits per heavy atom. The van der Waals surface area contributed by atoms with E-state index in [-0.39, 0.29) is 11.5 Å². The van der Waals surface area contributed by atoms with Gasteiger partial charge in [-0.05, 0) is 37.5 Å². The molecule has 0 fully saturated rings. The molecule has 4 nitrogen and oxygen atoms in total. The molecule has 0 unspecified atom stereocenters. The first kappa shape index (κ1) is 14.2. The molecule has 0 saturated heterocycles. The molecule has 0 aliphatic heterocycles. The number of hydrogen-bond donors (Lipinski definition) is 2. The molecule has 1 aromatic rings. The predicted molar refractivity (Wildman–Crippen MR) is 66.5 cm³/mol. The van der Waals surface area contributed by atoms with E-state index in [2.05, 4.69) is 5.32 Å². The lowest BCUT2D eigenvalue weighted by molar-refractivity contribution is -0.118. The summed E-state index contributed by atoms with van der Waals surface area (Å²) >= 11 is 0. The third-order valence-corrected chi connectivity index (χ3v) is 2.50. The maximum atomic E-state index is 13.5. The van der Waals surface area contributed by atoms with Gasteiger partial charge in [0, 0.05) is 13.0 Å². The van der Waals surface area contributed by atoms with Crippen LogP contribution in [0, 0.1) is 12.7 Å². The number of unbranched alkanes of at least 4 members (excludes halogenated alkanes) is 1. The molecule has 0 bridgehead atoms. The second-order valence-electron chi connectivity index (χ2n) is 4.16. The molecule has 1 rings (SSSR count). The monoisotopic (exact) mass is 252 g/mol. The second kappa shape index (κ2) is 6.74. The molecule has 0 aliphatic rings. The predicted octanol–water partition coefficient (Wildman–Crippen LogP) is 1.52. The lowest BCUT2D eigenvalue weighted by atomic mass is 10.1. The van der Waals surface area contributed by atoms with E-state index in [1.165, 1.54) is 12.1 Å². The van der Waals surface area contributed by atoms with Crippen LogP contribution < -0.4 is 11.1 Å². The summed E-state index contributed by atoms with van der Waals surface area (Å²) in [4.78, 5) is 22.1. The van der Waals surface area contributed by atoms with E-state index in [1.54, 1.807) is 13.0 Å². The molecule has 0 aromatic heterocycles. The molecule has 18 heavy (non-hydrogen) atoms. The normalized spacial score (nSPS) is 10.1. The number of amides is 2. The van der Waals surface area contributed by atoms with E-state index in [0.717, 1.165) is 5.56 Å². The van der Waals surface area contributed by atoms with Gasteiger partial charge in [0.2, 0.25) is 5.91 Å². The van der Waals surface area contributed by atoms with Crippen molar-refractivity contribution in [2.45, 2.75) is 26.2 Å². The molecule has 5 heteroatoms. The number of hydrogen-bond acceptors (Lipinski definition) is 2. The lowest BCUT2D eigenvalue weighted by Crippen LogP contribution is -2.25. The van der Waals surface area contributed by atoms with Gasteiger partial charge in [0.25, 0.3) is 5.91 Å². The standard InChI is InChI=1S/C13H17FN2O2/c1-9-5-6-10(11(14)8-9)13(18)16-7-3-2-4-12(15)17/h5-6,8H,2-4,7H2,1H3,(H2,15,17)(H,16,18). The van der Waals surface area contributed by atoms with Crippen molar-refractivity contribution in [3.8, 4) is 0 Å². The summed E-state index contributed by atoms with van der Waals surface area (Å²) in [6.07, 6.45) is 1.56. The second-order valence-corrected chi connectivity index (χ2v) is 4.16. The Morgan fingerprint density at radius 3 is 2.67 bits per heavy atom. The number of nitrogens with two attached hydrogens (primary N) is 1. The van der Waals surface area contributed by atoms with Gasteiger partial charge in [0.15, 0.2) is 0 Å². The van der Waals surface area contributed by atoms with E-state index in [4.69, 9.17) is 5.73 Å². The zero-order valence-corrected chi connectivity index (χ0v) is 10.3. The number of aryl methyl sites for hydroxylation is 1. The molecule has 0 heterocycles. The van der Waals surface area contributed by atoms with Crippen LogP contribution in [0.3, 0.4) is 0 Å². The molecule has 0 aliphatic carbocycles. The van der Waals surface area contributed by atoms with Gasteiger partial charge in [-0.3, -0.25) is 9.59 Å². The zero-order chi connectivity index (χ0) is 13.5. The Hall–Kier alpha value is -1.91. The van der Waals surface area contributed by atoms with Crippen LogP contribution in [0.4, 0.5) is 4.39 Å². The first-order valence-electron chi connectivity index (χ1n) is 5.83. The van der Waals surface area contributed by atoms with Crippen LogP contribution >= 0.6 is 0 Å². The van der Waals surface area contributed by atoms with Gasteiger partial charge in [0.05, 0.1) is 5.56 Å². The Labute approximate surface area is 105 Å². The van der Waals surface area contributed by atoms with Gasteiger partial charge in [0.1, 0.15) is 5.82 Å².